The maximum atomic E-state index is 13.6. The Balaban J connectivity index is 2.66. The van der Waals surface area contributed by atoms with Gasteiger partial charge in [-0.1, -0.05) is 23.7 Å². The molecular formula is C13H17ClFNO2. The van der Waals surface area contributed by atoms with Gasteiger partial charge in [-0.05, 0) is 19.9 Å². The van der Waals surface area contributed by atoms with Crippen LogP contribution in [0.2, 0.25) is 5.02 Å². The number of hydrogen-bond donors (Lipinski definition) is 1. The summed E-state index contributed by atoms with van der Waals surface area (Å²) in [7, 11) is 1.53. The lowest BCUT2D eigenvalue weighted by Crippen LogP contribution is -2.39. The molecule has 5 heteroatoms. The summed E-state index contributed by atoms with van der Waals surface area (Å²) in [6, 6.07) is 4.70. The zero-order valence-corrected chi connectivity index (χ0v) is 11.5. The molecule has 0 aromatic heterocycles. The highest BCUT2D eigenvalue weighted by Crippen LogP contribution is 2.19. The monoisotopic (exact) mass is 273 g/mol. The van der Waals surface area contributed by atoms with Gasteiger partial charge in [-0.25, -0.2) is 4.39 Å². The van der Waals surface area contributed by atoms with Crippen molar-refractivity contribution in [3.05, 3.63) is 34.6 Å². The van der Waals surface area contributed by atoms with Gasteiger partial charge in [0.2, 0.25) is 5.91 Å². The molecule has 0 spiro atoms. The van der Waals surface area contributed by atoms with Crippen molar-refractivity contribution in [3.63, 3.8) is 0 Å². The van der Waals surface area contributed by atoms with Crippen LogP contribution in [0.25, 0.3) is 0 Å². The number of nitrogens with one attached hydrogen (secondary N) is 1. The lowest BCUT2D eigenvalue weighted by molar-refractivity contribution is -0.132. The number of amides is 1. The molecule has 0 aliphatic heterocycles. The predicted octanol–water partition coefficient (Wildman–Crippen LogP) is 2.77. The highest BCUT2D eigenvalue weighted by Gasteiger charge is 2.27. The second kappa shape index (κ2) is 6.16. The van der Waals surface area contributed by atoms with Crippen LogP contribution in [0.15, 0.2) is 18.2 Å². The topological polar surface area (TPSA) is 38.3 Å². The van der Waals surface area contributed by atoms with E-state index in [9.17, 15) is 9.18 Å². The number of hydrogen-bond acceptors (Lipinski definition) is 2. The molecule has 0 aliphatic carbocycles. The fourth-order valence-corrected chi connectivity index (χ4v) is 1.72. The first-order valence-electron chi connectivity index (χ1n) is 5.58. The van der Waals surface area contributed by atoms with Crippen LogP contribution < -0.4 is 5.32 Å². The normalized spacial score (nSPS) is 11.4. The number of methoxy groups -OCH3 is 1. The Morgan fingerprint density at radius 1 is 1.50 bits per heavy atom. The van der Waals surface area contributed by atoms with Crippen LogP contribution in [0.5, 0.6) is 0 Å². The Morgan fingerprint density at radius 3 is 2.78 bits per heavy atom. The SMILES string of the molecule is COCC(C)(C)C(=O)NCc1cccc(Cl)c1F. The molecule has 1 N–H and O–H groups in total. The molecule has 3 nitrogen and oxygen atoms in total. The first-order valence-corrected chi connectivity index (χ1v) is 5.96. The van der Waals surface area contributed by atoms with Gasteiger partial charge in [-0.2, -0.15) is 0 Å². The van der Waals surface area contributed by atoms with Gasteiger partial charge in [0.25, 0.3) is 0 Å². The Labute approximate surface area is 111 Å². The zero-order valence-electron chi connectivity index (χ0n) is 10.7. The van der Waals surface area contributed by atoms with Gasteiger partial charge in [0, 0.05) is 19.2 Å². The van der Waals surface area contributed by atoms with Crippen molar-refractivity contribution < 1.29 is 13.9 Å². The molecule has 0 bridgehead atoms. The zero-order chi connectivity index (χ0) is 13.8. The van der Waals surface area contributed by atoms with E-state index in [0.717, 1.165) is 0 Å². The standard InChI is InChI=1S/C13H17ClFNO2/c1-13(2,8-18-3)12(17)16-7-9-5-4-6-10(14)11(9)15/h4-6H,7-8H2,1-3H3,(H,16,17). The van der Waals surface area contributed by atoms with Crippen molar-refractivity contribution in [1.29, 1.82) is 0 Å². The smallest absolute Gasteiger partial charge is 0.228 e. The van der Waals surface area contributed by atoms with Gasteiger partial charge >= 0.3 is 0 Å². The molecule has 0 radical (unpaired) electrons. The van der Waals surface area contributed by atoms with E-state index in [1.165, 1.54) is 13.2 Å². The second-order valence-electron chi connectivity index (χ2n) is 4.71. The Bertz CT molecular complexity index is 435. The van der Waals surface area contributed by atoms with Crippen molar-refractivity contribution in [2.24, 2.45) is 5.41 Å². The van der Waals surface area contributed by atoms with Crippen LogP contribution in [0.3, 0.4) is 0 Å². The van der Waals surface area contributed by atoms with E-state index in [1.54, 1.807) is 26.0 Å². The van der Waals surface area contributed by atoms with Gasteiger partial charge in [-0.3, -0.25) is 4.79 Å². The maximum Gasteiger partial charge on any atom is 0.228 e. The largest absolute Gasteiger partial charge is 0.384 e. The summed E-state index contributed by atoms with van der Waals surface area (Å²) in [5, 5.41) is 2.73. The number of carbonyl (C=O) groups excluding carboxylic acids is 1. The molecule has 1 rings (SSSR count). The summed E-state index contributed by atoms with van der Waals surface area (Å²) in [6.07, 6.45) is 0. The molecule has 0 saturated carbocycles. The minimum Gasteiger partial charge on any atom is -0.384 e. The first kappa shape index (κ1) is 14.9. The van der Waals surface area contributed by atoms with Gasteiger partial charge in [0.15, 0.2) is 0 Å². The fourth-order valence-electron chi connectivity index (χ4n) is 1.53. The number of carbonyl (C=O) groups is 1. The van der Waals surface area contributed by atoms with Crippen LogP contribution >= 0.6 is 11.6 Å². The van der Waals surface area contributed by atoms with Gasteiger partial charge in [0.1, 0.15) is 5.82 Å². The fraction of sp³-hybridized carbons (Fsp3) is 0.462. The molecule has 0 heterocycles. The van der Waals surface area contributed by atoms with E-state index in [1.807, 2.05) is 0 Å². The van der Waals surface area contributed by atoms with Gasteiger partial charge in [-0.15, -0.1) is 0 Å². The van der Waals surface area contributed by atoms with Crippen LogP contribution in [-0.4, -0.2) is 19.6 Å². The molecule has 0 fully saturated rings. The van der Waals surface area contributed by atoms with Crippen molar-refractivity contribution in [2.45, 2.75) is 20.4 Å². The summed E-state index contributed by atoms with van der Waals surface area (Å²) in [6.45, 7) is 3.94. The van der Waals surface area contributed by atoms with E-state index >= 15 is 0 Å². The molecule has 1 aromatic carbocycles. The Kier molecular flexibility index (Phi) is 5.11. The quantitative estimate of drug-likeness (QED) is 0.896. The predicted molar refractivity (Wildman–Crippen MR) is 68.9 cm³/mol. The molecular weight excluding hydrogens is 257 g/mol. The van der Waals surface area contributed by atoms with Crippen molar-refractivity contribution >= 4 is 17.5 Å². The lowest BCUT2D eigenvalue weighted by Gasteiger charge is -2.22. The molecule has 1 amide bonds. The summed E-state index contributed by atoms with van der Waals surface area (Å²) in [5.41, 5.74) is -0.284. The van der Waals surface area contributed by atoms with Crippen LogP contribution in [-0.2, 0) is 16.1 Å². The third-order valence-corrected chi connectivity index (χ3v) is 2.88. The van der Waals surface area contributed by atoms with Gasteiger partial charge < -0.3 is 10.1 Å². The number of halogens is 2. The Morgan fingerprint density at radius 2 is 2.17 bits per heavy atom. The number of benzene rings is 1. The van der Waals surface area contributed by atoms with Crippen molar-refractivity contribution in [2.75, 3.05) is 13.7 Å². The Hall–Kier alpha value is -1.13. The van der Waals surface area contributed by atoms with Crippen LogP contribution in [0.1, 0.15) is 19.4 Å². The minimum absolute atomic E-state index is 0.0536. The average molecular weight is 274 g/mol. The molecule has 0 unspecified atom stereocenters. The highest BCUT2D eigenvalue weighted by atomic mass is 35.5. The molecule has 0 atom stereocenters. The molecule has 18 heavy (non-hydrogen) atoms. The molecule has 0 aliphatic rings. The molecule has 0 saturated heterocycles. The van der Waals surface area contributed by atoms with Crippen LogP contribution in [0, 0.1) is 11.2 Å². The van der Waals surface area contributed by atoms with E-state index in [4.69, 9.17) is 16.3 Å². The third-order valence-electron chi connectivity index (χ3n) is 2.59. The van der Waals surface area contributed by atoms with E-state index in [-0.39, 0.29) is 17.5 Å². The number of ether oxygens (including phenoxy) is 1. The third kappa shape index (κ3) is 3.68. The minimum atomic E-state index is -0.649. The average Bonchev–Trinajstić information content (AvgIpc) is 2.30. The lowest BCUT2D eigenvalue weighted by atomic mass is 9.93. The van der Waals surface area contributed by atoms with Crippen molar-refractivity contribution in [3.8, 4) is 0 Å². The summed E-state index contributed by atoms with van der Waals surface area (Å²) < 4.78 is 18.6. The number of rotatable bonds is 5. The highest BCUT2D eigenvalue weighted by molar-refractivity contribution is 6.30. The van der Waals surface area contributed by atoms with Crippen molar-refractivity contribution in [1.82, 2.24) is 5.32 Å². The van der Waals surface area contributed by atoms with Crippen LogP contribution in [0.4, 0.5) is 4.39 Å². The molecule has 100 valence electrons. The van der Waals surface area contributed by atoms with E-state index in [0.29, 0.717) is 12.2 Å². The second-order valence-corrected chi connectivity index (χ2v) is 5.12. The van der Waals surface area contributed by atoms with Gasteiger partial charge in [0.05, 0.1) is 17.0 Å². The summed E-state index contributed by atoms with van der Waals surface area (Å²) in [5.74, 6) is -0.687. The summed E-state index contributed by atoms with van der Waals surface area (Å²) in [4.78, 5) is 11.9. The molecule has 1 aromatic rings. The summed E-state index contributed by atoms with van der Waals surface area (Å²) >= 11 is 5.66. The van der Waals surface area contributed by atoms with E-state index < -0.39 is 11.2 Å². The first-order chi connectivity index (χ1) is 8.38. The van der Waals surface area contributed by atoms with E-state index in [2.05, 4.69) is 5.32 Å². The maximum absolute atomic E-state index is 13.6.